The minimum absolute atomic E-state index is 0.00557. The van der Waals surface area contributed by atoms with Gasteiger partial charge in [-0.25, -0.2) is 4.98 Å². The van der Waals surface area contributed by atoms with E-state index in [2.05, 4.69) is 15.8 Å². The number of hydrogen-bond acceptors (Lipinski definition) is 5. The largest absolute Gasteiger partial charge is 0.283 e. The summed E-state index contributed by atoms with van der Waals surface area (Å²) in [5, 5.41) is 1.29. The molecule has 0 atom stereocenters. The number of thioether (sulfide) groups is 1. The van der Waals surface area contributed by atoms with Crippen molar-refractivity contribution in [2.24, 2.45) is 0 Å². The zero-order valence-corrected chi connectivity index (χ0v) is 18.6. The molecule has 7 nitrogen and oxygen atoms in total. The van der Waals surface area contributed by atoms with Crippen LogP contribution in [0.5, 0.6) is 0 Å². The monoisotopic (exact) mass is 458 g/mol. The maximum absolute atomic E-state index is 13.2. The number of nitrogens with one attached hydrogen (secondary N) is 2. The number of hydrazine groups is 1. The second-order valence-electron chi connectivity index (χ2n) is 6.92. The minimum Gasteiger partial charge on any atom is -0.283 e. The highest BCUT2D eigenvalue weighted by Crippen LogP contribution is 2.21. The lowest BCUT2D eigenvalue weighted by atomic mass is 10.2. The van der Waals surface area contributed by atoms with Crippen molar-refractivity contribution >= 4 is 46.1 Å². The fourth-order valence-corrected chi connectivity index (χ4v) is 3.86. The van der Waals surface area contributed by atoms with E-state index in [9.17, 15) is 14.4 Å². The molecule has 0 saturated carbocycles. The zero-order chi connectivity index (χ0) is 22.2. The highest BCUT2D eigenvalue weighted by Gasteiger charge is 2.14. The van der Waals surface area contributed by atoms with Crippen molar-refractivity contribution in [3.8, 4) is 0 Å². The maximum Gasteiger partial charge on any atom is 0.262 e. The topological polar surface area (TPSA) is 93.1 Å². The molecule has 3 aromatic rings. The van der Waals surface area contributed by atoms with E-state index >= 15 is 0 Å². The van der Waals surface area contributed by atoms with E-state index in [4.69, 9.17) is 11.6 Å². The second-order valence-corrected chi connectivity index (χ2v) is 8.30. The molecule has 9 heteroatoms. The number of hydrogen-bond donors (Lipinski definition) is 2. The summed E-state index contributed by atoms with van der Waals surface area (Å²) in [6.45, 7) is 2.30. The molecule has 2 N–H and O–H groups in total. The Balaban J connectivity index is 1.80. The Morgan fingerprint density at radius 1 is 1.10 bits per heavy atom. The SMILES string of the molecule is CCCCC(=O)NNC(=O)CSc1nc2ccc(Cl)cc2c(=O)n1Cc1ccccc1. The number of nitrogens with zero attached hydrogens (tertiary/aromatic N) is 2. The van der Waals surface area contributed by atoms with E-state index in [1.54, 1.807) is 18.2 Å². The third-order valence-corrected chi connectivity index (χ3v) is 5.71. The molecule has 0 aliphatic carbocycles. The number of halogens is 1. The number of carbonyl (C=O) groups is 2. The normalized spacial score (nSPS) is 10.8. The molecule has 2 amide bonds. The quantitative estimate of drug-likeness (QED) is 0.306. The van der Waals surface area contributed by atoms with Crippen LogP contribution in [0, 0.1) is 0 Å². The molecule has 0 bridgehead atoms. The van der Waals surface area contributed by atoms with Gasteiger partial charge in [0.2, 0.25) is 11.8 Å². The molecular formula is C22H23ClN4O3S. The standard InChI is InChI=1S/C22H23ClN4O3S/c1-2-3-9-19(28)25-26-20(29)14-31-22-24-18-11-10-16(23)12-17(18)21(30)27(22)13-15-7-5-4-6-8-15/h4-8,10-12H,2-3,9,13-14H2,1H3,(H,25,28)(H,26,29). The molecule has 0 saturated heterocycles. The molecule has 0 unspecified atom stereocenters. The molecule has 1 heterocycles. The van der Waals surface area contributed by atoms with Gasteiger partial charge in [-0.05, 0) is 30.2 Å². The second kappa shape index (κ2) is 11.0. The van der Waals surface area contributed by atoms with Crippen LogP contribution in [0.2, 0.25) is 5.02 Å². The molecule has 1 aromatic heterocycles. The number of unbranched alkanes of at least 4 members (excludes halogenated alkanes) is 1. The van der Waals surface area contributed by atoms with Gasteiger partial charge in [0, 0.05) is 11.4 Å². The lowest BCUT2D eigenvalue weighted by Gasteiger charge is -2.13. The summed E-state index contributed by atoms with van der Waals surface area (Å²) in [6.07, 6.45) is 2.01. The van der Waals surface area contributed by atoms with Gasteiger partial charge in [-0.15, -0.1) is 0 Å². The van der Waals surface area contributed by atoms with Crippen molar-refractivity contribution in [3.63, 3.8) is 0 Å². The first-order chi connectivity index (χ1) is 15.0. The van der Waals surface area contributed by atoms with Gasteiger partial charge in [0.05, 0.1) is 23.2 Å². The molecule has 3 rings (SSSR count). The smallest absolute Gasteiger partial charge is 0.262 e. The summed E-state index contributed by atoms with van der Waals surface area (Å²) >= 11 is 7.20. The fraction of sp³-hybridized carbons (Fsp3) is 0.273. The molecule has 0 radical (unpaired) electrons. The van der Waals surface area contributed by atoms with E-state index in [0.717, 1.165) is 30.2 Å². The summed E-state index contributed by atoms with van der Waals surface area (Å²) in [7, 11) is 0. The molecule has 0 spiro atoms. The Hall–Kier alpha value is -2.84. The van der Waals surface area contributed by atoms with Crippen LogP contribution in [-0.2, 0) is 16.1 Å². The summed E-state index contributed by atoms with van der Waals surface area (Å²) in [6, 6.07) is 14.5. The van der Waals surface area contributed by atoms with Crippen LogP contribution in [-0.4, -0.2) is 27.1 Å². The van der Waals surface area contributed by atoms with Crippen LogP contribution in [0.1, 0.15) is 31.7 Å². The Morgan fingerprint density at radius 3 is 2.58 bits per heavy atom. The van der Waals surface area contributed by atoms with Crippen molar-refractivity contribution in [1.29, 1.82) is 0 Å². The molecule has 31 heavy (non-hydrogen) atoms. The molecule has 162 valence electrons. The Morgan fingerprint density at radius 2 is 1.84 bits per heavy atom. The summed E-state index contributed by atoms with van der Waals surface area (Å²) < 4.78 is 1.53. The number of carbonyl (C=O) groups excluding carboxylic acids is 2. The highest BCUT2D eigenvalue weighted by atomic mass is 35.5. The van der Waals surface area contributed by atoms with E-state index in [0.29, 0.717) is 34.0 Å². The number of amides is 2. The molecule has 0 aliphatic heterocycles. The number of benzene rings is 2. The van der Waals surface area contributed by atoms with Gasteiger partial charge in [0.15, 0.2) is 5.16 Å². The van der Waals surface area contributed by atoms with Crippen molar-refractivity contribution in [2.75, 3.05) is 5.75 Å². The Kier molecular flexibility index (Phi) is 8.08. The van der Waals surface area contributed by atoms with Crippen LogP contribution in [0.4, 0.5) is 0 Å². The van der Waals surface area contributed by atoms with Crippen molar-refractivity contribution in [2.45, 2.75) is 37.9 Å². The lowest BCUT2D eigenvalue weighted by molar-refractivity contribution is -0.127. The van der Waals surface area contributed by atoms with Gasteiger partial charge in [-0.2, -0.15) is 0 Å². The zero-order valence-electron chi connectivity index (χ0n) is 17.1. The van der Waals surface area contributed by atoms with Gasteiger partial charge in [0.25, 0.3) is 5.56 Å². The first-order valence-corrected chi connectivity index (χ1v) is 11.3. The maximum atomic E-state index is 13.2. The summed E-state index contributed by atoms with van der Waals surface area (Å²) in [5.74, 6) is -0.623. The van der Waals surface area contributed by atoms with Crippen LogP contribution in [0.15, 0.2) is 58.5 Å². The van der Waals surface area contributed by atoms with Crippen LogP contribution in [0.25, 0.3) is 10.9 Å². The Labute approximate surface area is 189 Å². The number of rotatable bonds is 8. The molecule has 2 aromatic carbocycles. The van der Waals surface area contributed by atoms with Gasteiger partial charge in [0.1, 0.15) is 0 Å². The van der Waals surface area contributed by atoms with Gasteiger partial charge in [-0.3, -0.25) is 29.8 Å². The predicted octanol–water partition coefficient (Wildman–Crippen LogP) is 3.53. The Bertz CT molecular complexity index is 1130. The van der Waals surface area contributed by atoms with Gasteiger partial charge >= 0.3 is 0 Å². The third kappa shape index (κ3) is 6.32. The summed E-state index contributed by atoms with van der Waals surface area (Å²) in [5.41, 5.74) is 6.01. The molecule has 0 fully saturated rings. The minimum atomic E-state index is -0.383. The van der Waals surface area contributed by atoms with E-state index < -0.39 is 0 Å². The van der Waals surface area contributed by atoms with Crippen LogP contribution >= 0.6 is 23.4 Å². The number of aromatic nitrogens is 2. The van der Waals surface area contributed by atoms with E-state index in [1.807, 2.05) is 37.3 Å². The van der Waals surface area contributed by atoms with Crippen LogP contribution in [0.3, 0.4) is 0 Å². The summed E-state index contributed by atoms with van der Waals surface area (Å²) in [4.78, 5) is 41.6. The fourth-order valence-electron chi connectivity index (χ4n) is 2.89. The predicted molar refractivity (Wildman–Crippen MR) is 123 cm³/mol. The first kappa shape index (κ1) is 22.8. The lowest BCUT2D eigenvalue weighted by Crippen LogP contribution is -2.42. The average molecular weight is 459 g/mol. The van der Waals surface area contributed by atoms with Crippen molar-refractivity contribution < 1.29 is 9.59 Å². The third-order valence-electron chi connectivity index (χ3n) is 4.50. The molecular weight excluding hydrogens is 436 g/mol. The molecule has 0 aliphatic rings. The van der Waals surface area contributed by atoms with Crippen molar-refractivity contribution in [3.05, 3.63) is 69.5 Å². The average Bonchev–Trinajstić information content (AvgIpc) is 2.78. The first-order valence-electron chi connectivity index (χ1n) is 9.92. The van der Waals surface area contributed by atoms with E-state index in [1.165, 1.54) is 4.57 Å². The van der Waals surface area contributed by atoms with Gasteiger partial charge in [-0.1, -0.05) is 67.0 Å². The van der Waals surface area contributed by atoms with E-state index in [-0.39, 0.29) is 23.1 Å². The highest BCUT2D eigenvalue weighted by molar-refractivity contribution is 7.99. The van der Waals surface area contributed by atoms with Gasteiger partial charge < -0.3 is 0 Å². The number of fused-ring (bicyclic) bond motifs is 1. The van der Waals surface area contributed by atoms with Crippen molar-refractivity contribution in [1.82, 2.24) is 20.4 Å². The van der Waals surface area contributed by atoms with Crippen LogP contribution < -0.4 is 16.4 Å².